The van der Waals surface area contributed by atoms with Crippen LogP contribution in [0.5, 0.6) is 0 Å². The van der Waals surface area contributed by atoms with Crippen molar-refractivity contribution < 1.29 is 9.21 Å². The lowest BCUT2D eigenvalue weighted by Gasteiger charge is -2.09. The van der Waals surface area contributed by atoms with Crippen LogP contribution in [0.25, 0.3) is 11.3 Å². The van der Waals surface area contributed by atoms with E-state index < -0.39 is 0 Å². The third-order valence-electron chi connectivity index (χ3n) is 4.93. The molecule has 0 fully saturated rings. The van der Waals surface area contributed by atoms with E-state index >= 15 is 0 Å². The zero-order valence-electron chi connectivity index (χ0n) is 16.9. The average Bonchev–Trinajstić information content (AvgIpc) is 3.43. The molecule has 0 aliphatic rings. The van der Waals surface area contributed by atoms with Crippen LogP contribution in [-0.2, 0) is 24.2 Å². The van der Waals surface area contributed by atoms with Crippen molar-refractivity contribution in [1.29, 1.82) is 0 Å². The van der Waals surface area contributed by atoms with Gasteiger partial charge in [-0.1, -0.05) is 61.5 Å². The molecule has 6 nitrogen and oxygen atoms in total. The highest BCUT2D eigenvalue weighted by Crippen LogP contribution is 2.20. The van der Waals surface area contributed by atoms with Crippen molar-refractivity contribution in [3.8, 4) is 11.3 Å². The number of rotatable bonds is 8. The standard InChI is InChI=1S/C24H24N4O2/c1-2-18-8-10-19(11-9-18)17-28-22(14-15-26-28)27-23(29)12-13-24-25-16-21(30-24)20-6-4-3-5-7-20/h3-11,14-16H,2,12-13,17H2,1H3,(H,27,29). The van der Waals surface area contributed by atoms with Crippen LogP contribution in [0.4, 0.5) is 5.82 Å². The van der Waals surface area contributed by atoms with Crippen molar-refractivity contribution >= 4 is 11.7 Å². The first-order valence-corrected chi connectivity index (χ1v) is 10.1. The topological polar surface area (TPSA) is 73.0 Å². The number of hydrogen-bond donors (Lipinski definition) is 1. The minimum atomic E-state index is -0.0995. The summed E-state index contributed by atoms with van der Waals surface area (Å²) in [5.74, 6) is 1.83. The summed E-state index contributed by atoms with van der Waals surface area (Å²) in [6.07, 6.45) is 5.12. The molecule has 0 saturated heterocycles. The highest BCUT2D eigenvalue weighted by atomic mass is 16.4. The van der Waals surface area contributed by atoms with Crippen LogP contribution in [0.2, 0.25) is 0 Å². The lowest BCUT2D eigenvalue weighted by atomic mass is 10.1. The van der Waals surface area contributed by atoms with E-state index in [2.05, 4.69) is 46.6 Å². The highest BCUT2D eigenvalue weighted by Gasteiger charge is 2.11. The van der Waals surface area contributed by atoms with Gasteiger partial charge in [-0.2, -0.15) is 5.10 Å². The molecule has 0 bridgehead atoms. The van der Waals surface area contributed by atoms with Gasteiger partial charge in [-0.05, 0) is 17.5 Å². The molecule has 0 aliphatic carbocycles. The van der Waals surface area contributed by atoms with Gasteiger partial charge in [-0.3, -0.25) is 4.79 Å². The Morgan fingerprint density at radius 1 is 1.03 bits per heavy atom. The number of benzene rings is 2. The summed E-state index contributed by atoms with van der Waals surface area (Å²) in [5, 5.41) is 7.27. The van der Waals surface area contributed by atoms with Crippen LogP contribution in [0, 0.1) is 0 Å². The van der Waals surface area contributed by atoms with Gasteiger partial charge in [-0.15, -0.1) is 0 Å². The Morgan fingerprint density at radius 3 is 2.57 bits per heavy atom. The Morgan fingerprint density at radius 2 is 1.80 bits per heavy atom. The van der Waals surface area contributed by atoms with E-state index in [1.165, 1.54) is 5.56 Å². The summed E-state index contributed by atoms with van der Waals surface area (Å²) in [5.41, 5.74) is 3.41. The summed E-state index contributed by atoms with van der Waals surface area (Å²) in [7, 11) is 0. The minimum absolute atomic E-state index is 0.0995. The SMILES string of the molecule is CCc1ccc(Cn2nccc2NC(=O)CCc2ncc(-c3ccccc3)o2)cc1. The molecule has 6 heteroatoms. The molecular weight excluding hydrogens is 376 g/mol. The molecule has 1 amide bonds. The molecule has 0 aliphatic heterocycles. The van der Waals surface area contributed by atoms with Gasteiger partial charge < -0.3 is 9.73 Å². The van der Waals surface area contributed by atoms with Gasteiger partial charge in [0.25, 0.3) is 0 Å². The molecule has 0 saturated carbocycles. The summed E-state index contributed by atoms with van der Waals surface area (Å²) >= 11 is 0. The lowest BCUT2D eigenvalue weighted by Crippen LogP contribution is -2.16. The third-order valence-corrected chi connectivity index (χ3v) is 4.93. The van der Waals surface area contributed by atoms with Crippen molar-refractivity contribution in [2.75, 3.05) is 5.32 Å². The Balaban J connectivity index is 1.33. The fourth-order valence-corrected chi connectivity index (χ4v) is 3.21. The minimum Gasteiger partial charge on any atom is -0.441 e. The summed E-state index contributed by atoms with van der Waals surface area (Å²) in [6, 6.07) is 20.0. The zero-order chi connectivity index (χ0) is 20.8. The van der Waals surface area contributed by atoms with Gasteiger partial charge in [0.1, 0.15) is 5.82 Å². The molecule has 152 valence electrons. The smallest absolute Gasteiger partial charge is 0.226 e. The molecule has 4 rings (SSSR count). The van der Waals surface area contributed by atoms with Crippen LogP contribution >= 0.6 is 0 Å². The van der Waals surface area contributed by atoms with Crippen LogP contribution in [0.1, 0.15) is 30.4 Å². The van der Waals surface area contributed by atoms with Crippen LogP contribution in [0.15, 0.2) is 77.5 Å². The number of amides is 1. The first kappa shape index (κ1) is 19.6. The lowest BCUT2D eigenvalue weighted by molar-refractivity contribution is -0.116. The molecule has 30 heavy (non-hydrogen) atoms. The van der Waals surface area contributed by atoms with E-state index in [9.17, 15) is 4.79 Å². The van der Waals surface area contributed by atoms with E-state index in [-0.39, 0.29) is 12.3 Å². The van der Waals surface area contributed by atoms with Gasteiger partial charge >= 0.3 is 0 Å². The van der Waals surface area contributed by atoms with Crippen molar-refractivity contribution in [1.82, 2.24) is 14.8 Å². The van der Waals surface area contributed by atoms with E-state index in [4.69, 9.17) is 4.42 Å². The fourth-order valence-electron chi connectivity index (χ4n) is 3.21. The van der Waals surface area contributed by atoms with Crippen molar-refractivity contribution in [2.24, 2.45) is 0 Å². The summed E-state index contributed by atoms with van der Waals surface area (Å²) < 4.78 is 7.56. The molecule has 2 aromatic heterocycles. The predicted molar refractivity (Wildman–Crippen MR) is 116 cm³/mol. The van der Waals surface area contributed by atoms with E-state index in [1.54, 1.807) is 23.1 Å². The fraction of sp³-hybridized carbons (Fsp3) is 0.208. The molecule has 0 unspecified atom stereocenters. The zero-order valence-corrected chi connectivity index (χ0v) is 16.9. The second kappa shape index (κ2) is 9.22. The second-order valence-corrected chi connectivity index (χ2v) is 7.08. The Bertz CT molecular complexity index is 1100. The monoisotopic (exact) mass is 400 g/mol. The van der Waals surface area contributed by atoms with Crippen LogP contribution in [-0.4, -0.2) is 20.7 Å². The number of hydrogen-bond acceptors (Lipinski definition) is 4. The van der Waals surface area contributed by atoms with E-state index in [0.29, 0.717) is 30.4 Å². The molecular formula is C24H24N4O2. The maximum absolute atomic E-state index is 12.4. The quantitative estimate of drug-likeness (QED) is 0.464. The Labute approximate surface area is 175 Å². The molecule has 0 spiro atoms. The average molecular weight is 400 g/mol. The number of nitrogens with zero attached hydrogens (tertiary/aromatic N) is 3. The molecule has 4 aromatic rings. The van der Waals surface area contributed by atoms with Gasteiger partial charge in [0.15, 0.2) is 11.7 Å². The molecule has 0 radical (unpaired) electrons. The van der Waals surface area contributed by atoms with Gasteiger partial charge in [0, 0.05) is 24.5 Å². The van der Waals surface area contributed by atoms with Gasteiger partial charge in [-0.25, -0.2) is 9.67 Å². The molecule has 1 N–H and O–H groups in total. The highest BCUT2D eigenvalue weighted by molar-refractivity contribution is 5.89. The predicted octanol–water partition coefficient (Wildman–Crippen LogP) is 4.72. The van der Waals surface area contributed by atoms with Crippen LogP contribution < -0.4 is 5.32 Å². The Kier molecular flexibility index (Phi) is 6.03. The summed E-state index contributed by atoms with van der Waals surface area (Å²) in [6.45, 7) is 2.74. The summed E-state index contributed by atoms with van der Waals surface area (Å²) in [4.78, 5) is 16.7. The van der Waals surface area contributed by atoms with Gasteiger partial charge in [0.05, 0.1) is 18.9 Å². The first-order valence-electron chi connectivity index (χ1n) is 10.1. The maximum atomic E-state index is 12.4. The number of oxazole rings is 1. The number of nitrogens with one attached hydrogen (secondary N) is 1. The number of carbonyl (C=O) groups is 1. The van der Waals surface area contributed by atoms with E-state index in [1.807, 2.05) is 30.3 Å². The second-order valence-electron chi connectivity index (χ2n) is 7.08. The van der Waals surface area contributed by atoms with Crippen molar-refractivity contribution in [3.05, 3.63) is 90.1 Å². The normalized spacial score (nSPS) is 10.8. The molecule has 0 atom stereocenters. The number of aryl methyl sites for hydroxylation is 2. The number of carbonyl (C=O) groups excluding carboxylic acids is 1. The Hall–Kier alpha value is -3.67. The van der Waals surface area contributed by atoms with Crippen molar-refractivity contribution in [3.63, 3.8) is 0 Å². The third kappa shape index (κ3) is 4.84. The van der Waals surface area contributed by atoms with Crippen LogP contribution in [0.3, 0.4) is 0 Å². The van der Waals surface area contributed by atoms with Gasteiger partial charge in [0.2, 0.25) is 5.91 Å². The number of aromatic nitrogens is 3. The largest absolute Gasteiger partial charge is 0.441 e. The molecule has 2 heterocycles. The van der Waals surface area contributed by atoms with E-state index in [0.717, 1.165) is 17.5 Å². The van der Waals surface area contributed by atoms with Crippen molar-refractivity contribution in [2.45, 2.75) is 32.7 Å². The maximum Gasteiger partial charge on any atom is 0.226 e. The first-order chi connectivity index (χ1) is 14.7. The number of anilines is 1. The molecule has 2 aromatic carbocycles.